The Morgan fingerprint density at radius 2 is 1.73 bits per heavy atom. The summed E-state index contributed by atoms with van der Waals surface area (Å²) in [5, 5.41) is 0. The summed E-state index contributed by atoms with van der Waals surface area (Å²) in [5.41, 5.74) is 3.27. The molecule has 0 aromatic heterocycles. The zero-order valence-electron chi connectivity index (χ0n) is 13.5. The molecule has 0 saturated heterocycles. The molecule has 2 aromatic rings. The molecule has 0 saturated carbocycles. The highest BCUT2D eigenvalue weighted by molar-refractivity contribution is 5.97. The standard InChI is InChI=1S/C20H23NO/c1-15-14-20(2,3)21(18-12-8-7-11-17(15)18)19(22)13-16-9-5-4-6-10-16/h4-12,15H,13-14H2,1-3H3/t15-/m0/s1. The van der Waals surface area contributed by atoms with Crippen LogP contribution in [0, 0.1) is 0 Å². The minimum atomic E-state index is -0.153. The fraction of sp³-hybridized carbons (Fsp3) is 0.350. The van der Waals surface area contributed by atoms with Gasteiger partial charge in [0.1, 0.15) is 0 Å². The van der Waals surface area contributed by atoms with E-state index >= 15 is 0 Å². The van der Waals surface area contributed by atoms with Crippen LogP contribution in [0.5, 0.6) is 0 Å². The number of rotatable bonds is 2. The van der Waals surface area contributed by atoms with Crippen molar-refractivity contribution in [2.75, 3.05) is 4.90 Å². The third kappa shape index (κ3) is 2.66. The highest BCUT2D eigenvalue weighted by Gasteiger charge is 2.39. The Morgan fingerprint density at radius 1 is 1.09 bits per heavy atom. The predicted molar refractivity (Wildman–Crippen MR) is 91.2 cm³/mol. The molecule has 0 radical (unpaired) electrons. The molecule has 1 aliphatic heterocycles. The van der Waals surface area contributed by atoms with Crippen molar-refractivity contribution in [2.24, 2.45) is 0 Å². The number of hydrogen-bond donors (Lipinski definition) is 0. The number of benzene rings is 2. The summed E-state index contributed by atoms with van der Waals surface area (Å²) in [6.45, 7) is 6.59. The van der Waals surface area contributed by atoms with Crippen molar-refractivity contribution in [1.82, 2.24) is 0 Å². The van der Waals surface area contributed by atoms with Gasteiger partial charge in [0, 0.05) is 11.2 Å². The van der Waals surface area contributed by atoms with E-state index in [0.29, 0.717) is 12.3 Å². The molecule has 1 aliphatic rings. The highest BCUT2D eigenvalue weighted by atomic mass is 16.2. The molecule has 114 valence electrons. The number of hydrogen-bond acceptors (Lipinski definition) is 1. The van der Waals surface area contributed by atoms with Crippen LogP contribution >= 0.6 is 0 Å². The lowest BCUT2D eigenvalue weighted by molar-refractivity contribution is -0.119. The summed E-state index contributed by atoms with van der Waals surface area (Å²) in [6.07, 6.45) is 1.44. The van der Waals surface area contributed by atoms with Crippen LogP contribution in [0.4, 0.5) is 5.69 Å². The van der Waals surface area contributed by atoms with E-state index in [4.69, 9.17) is 0 Å². The summed E-state index contributed by atoms with van der Waals surface area (Å²) >= 11 is 0. The van der Waals surface area contributed by atoms with Crippen LogP contribution in [0.2, 0.25) is 0 Å². The zero-order valence-corrected chi connectivity index (χ0v) is 13.5. The summed E-state index contributed by atoms with van der Waals surface area (Å²) in [6, 6.07) is 18.3. The van der Waals surface area contributed by atoms with E-state index in [-0.39, 0.29) is 11.4 Å². The summed E-state index contributed by atoms with van der Waals surface area (Å²) < 4.78 is 0. The first-order valence-corrected chi connectivity index (χ1v) is 7.95. The lowest BCUT2D eigenvalue weighted by Gasteiger charge is -2.46. The number of amides is 1. The van der Waals surface area contributed by atoms with E-state index in [1.165, 1.54) is 5.56 Å². The first-order valence-electron chi connectivity index (χ1n) is 7.95. The Balaban J connectivity index is 1.97. The fourth-order valence-electron chi connectivity index (χ4n) is 3.71. The highest BCUT2D eigenvalue weighted by Crippen LogP contribution is 2.43. The van der Waals surface area contributed by atoms with Gasteiger partial charge in [-0.05, 0) is 43.4 Å². The van der Waals surface area contributed by atoms with E-state index in [1.807, 2.05) is 41.3 Å². The van der Waals surface area contributed by atoms with Crippen LogP contribution in [0.25, 0.3) is 0 Å². The average Bonchev–Trinajstić information content (AvgIpc) is 2.47. The maximum atomic E-state index is 13.0. The number of carbonyl (C=O) groups is 1. The first kappa shape index (κ1) is 14.8. The molecule has 0 aliphatic carbocycles. The molecule has 1 amide bonds. The summed E-state index contributed by atoms with van der Waals surface area (Å²) in [5.74, 6) is 0.655. The van der Waals surface area contributed by atoms with Crippen LogP contribution in [-0.2, 0) is 11.2 Å². The van der Waals surface area contributed by atoms with Gasteiger partial charge in [-0.15, -0.1) is 0 Å². The van der Waals surface area contributed by atoms with E-state index in [1.54, 1.807) is 0 Å². The second-order valence-corrected chi connectivity index (χ2v) is 6.87. The van der Waals surface area contributed by atoms with Gasteiger partial charge in [0.2, 0.25) is 5.91 Å². The van der Waals surface area contributed by atoms with Crippen LogP contribution in [-0.4, -0.2) is 11.4 Å². The van der Waals surface area contributed by atoms with Crippen molar-refractivity contribution in [2.45, 2.75) is 45.1 Å². The van der Waals surface area contributed by atoms with Crippen LogP contribution in [0.3, 0.4) is 0 Å². The largest absolute Gasteiger partial charge is 0.306 e. The third-order valence-corrected chi connectivity index (χ3v) is 4.57. The van der Waals surface area contributed by atoms with Crippen molar-refractivity contribution in [3.63, 3.8) is 0 Å². The molecule has 3 rings (SSSR count). The van der Waals surface area contributed by atoms with E-state index < -0.39 is 0 Å². The van der Waals surface area contributed by atoms with Crippen molar-refractivity contribution in [1.29, 1.82) is 0 Å². The average molecular weight is 293 g/mol. The van der Waals surface area contributed by atoms with Gasteiger partial charge in [0.05, 0.1) is 6.42 Å². The number of anilines is 1. The summed E-state index contributed by atoms with van der Waals surface area (Å²) in [4.78, 5) is 15.0. The maximum absolute atomic E-state index is 13.0. The molecule has 2 heteroatoms. The van der Waals surface area contributed by atoms with Gasteiger partial charge in [-0.1, -0.05) is 55.5 Å². The number of para-hydroxylation sites is 1. The van der Waals surface area contributed by atoms with Crippen LogP contribution in [0.1, 0.15) is 44.2 Å². The van der Waals surface area contributed by atoms with E-state index in [0.717, 1.165) is 17.7 Å². The van der Waals surface area contributed by atoms with Gasteiger partial charge in [0.15, 0.2) is 0 Å². The topological polar surface area (TPSA) is 20.3 Å². The zero-order chi connectivity index (χ0) is 15.7. The van der Waals surface area contributed by atoms with Gasteiger partial charge in [-0.3, -0.25) is 4.79 Å². The maximum Gasteiger partial charge on any atom is 0.231 e. The Morgan fingerprint density at radius 3 is 2.45 bits per heavy atom. The van der Waals surface area contributed by atoms with Crippen molar-refractivity contribution in [3.05, 3.63) is 65.7 Å². The fourth-order valence-corrected chi connectivity index (χ4v) is 3.71. The summed E-state index contributed by atoms with van der Waals surface area (Å²) in [7, 11) is 0. The van der Waals surface area contributed by atoms with E-state index in [9.17, 15) is 4.79 Å². The molecular formula is C20H23NO. The Kier molecular flexibility index (Phi) is 3.78. The van der Waals surface area contributed by atoms with Gasteiger partial charge in [0.25, 0.3) is 0 Å². The number of fused-ring (bicyclic) bond motifs is 1. The Bertz CT molecular complexity index is 675. The molecule has 0 N–H and O–H groups in total. The molecule has 2 nitrogen and oxygen atoms in total. The smallest absolute Gasteiger partial charge is 0.231 e. The minimum absolute atomic E-state index is 0.153. The Hall–Kier alpha value is -2.09. The Labute approximate surface area is 132 Å². The van der Waals surface area contributed by atoms with Crippen molar-refractivity contribution in [3.8, 4) is 0 Å². The van der Waals surface area contributed by atoms with Crippen LogP contribution in [0.15, 0.2) is 54.6 Å². The second kappa shape index (κ2) is 5.60. The van der Waals surface area contributed by atoms with Crippen LogP contribution < -0.4 is 4.90 Å². The lowest BCUT2D eigenvalue weighted by atomic mass is 9.80. The number of nitrogens with zero attached hydrogens (tertiary/aromatic N) is 1. The SMILES string of the molecule is C[C@H]1CC(C)(C)N(C(=O)Cc2ccccc2)c2ccccc21. The monoisotopic (exact) mass is 293 g/mol. The molecular weight excluding hydrogens is 270 g/mol. The molecule has 0 fully saturated rings. The number of carbonyl (C=O) groups excluding carboxylic acids is 1. The molecule has 0 bridgehead atoms. The predicted octanol–water partition coefficient (Wildman–Crippen LogP) is 4.55. The van der Waals surface area contributed by atoms with Crippen molar-refractivity contribution >= 4 is 11.6 Å². The first-order chi connectivity index (χ1) is 10.5. The van der Waals surface area contributed by atoms with Gasteiger partial charge in [-0.2, -0.15) is 0 Å². The molecule has 1 heterocycles. The van der Waals surface area contributed by atoms with Crippen molar-refractivity contribution < 1.29 is 4.79 Å². The van der Waals surface area contributed by atoms with E-state index in [2.05, 4.69) is 39.0 Å². The quantitative estimate of drug-likeness (QED) is 0.795. The third-order valence-electron chi connectivity index (χ3n) is 4.57. The molecule has 0 unspecified atom stereocenters. The van der Waals surface area contributed by atoms with Gasteiger partial charge >= 0.3 is 0 Å². The molecule has 2 aromatic carbocycles. The molecule has 0 spiro atoms. The molecule has 22 heavy (non-hydrogen) atoms. The second-order valence-electron chi connectivity index (χ2n) is 6.87. The molecule has 1 atom stereocenters. The normalized spacial score (nSPS) is 19.6. The van der Waals surface area contributed by atoms with Gasteiger partial charge in [-0.25, -0.2) is 0 Å². The minimum Gasteiger partial charge on any atom is -0.306 e. The van der Waals surface area contributed by atoms with Gasteiger partial charge < -0.3 is 4.90 Å². The lowest BCUT2D eigenvalue weighted by Crippen LogP contribution is -2.52.